The van der Waals surface area contributed by atoms with Crippen LogP contribution in [0.4, 0.5) is 0 Å². The van der Waals surface area contributed by atoms with Crippen LogP contribution in [0.25, 0.3) is 0 Å². The number of nitrogens with zero attached hydrogens (tertiary/aromatic N) is 2. The van der Waals surface area contributed by atoms with Gasteiger partial charge in [0.25, 0.3) is 0 Å². The van der Waals surface area contributed by atoms with Gasteiger partial charge in [0.15, 0.2) is 0 Å². The molecule has 0 spiro atoms. The first kappa shape index (κ1) is 11.8. The van der Waals surface area contributed by atoms with E-state index in [2.05, 4.69) is 16.8 Å². The van der Waals surface area contributed by atoms with Crippen molar-refractivity contribution in [2.24, 2.45) is 5.73 Å². The molecule has 2 N–H and O–H groups in total. The molecule has 14 heavy (non-hydrogen) atoms. The van der Waals surface area contributed by atoms with Crippen molar-refractivity contribution in [2.45, 2.75) is 6.10 Å². The highest BCUT2D eigenvalue weighted by Gasteiger charge is 2.19. The van der Waals surface area contributed by atoms with Crippen molar-refractivity contribution >= 4 is 17.2 Å². The van der Waals surface area contributed by atoms with E-state index in [0.717, 1.165) is 26.2 Å². The molecule has 0 amide bonds. The molecule has 4 nitrogen and oxygen atoms in total. The Labute approximate surface area is 91.0 Å². The largest absolute Gasteiger partial charge is 0.392 e. The number of morpholine rings is 1. The van der Waals surface area contributed by atoms with Crippen LogP contribution in [0, 0.1) is 0 Å². The molecule has 0 bridgehead atoms. The van der Waals surface area contributed by atoms with Crippen LogP contribution in [0.5, 0.6) is 0 Å². The highest BCUT2D eigenvalue weighted by molar-refractivity contribution is 7.80. The molecule has 1 heterocycles. The van der Waals surface area contributed by atoms with Crippen molar-refractivity contribution in [2.75, 3.05) is 46.9 Å². The summed E-state index contributed by atoms with van der Waals surface area (Å²) in [7, 11) is 4.13. The number of thiocarbonyl (C=S) groups is 1. The van der Waals surface area contributed by atoms with Crippen molar-refractivity contribution in [1.29, 1.82) is 0 Å². The van der Waals surface area contributed by atoms with Crippen LogP contribution in [0.1, 0.15) is 0 Å². The van der Waals surface area contributed by atoms with E-state index in [1.165, 1.54) is 0 Å². The van der Waals surface area contributed by atoms with E-state index >= 15 is 0 Å². The summed E-state index contributed by atoms with van der Waals surface area (Å²) >= 11 is 4.85. The fourth-order valence-electron chi connectivity index (χ4n) is 1.66. The van der Waals surface area contributed by atoms with Crippen LogP contribution < -0.4 is 5.73 Å². The second-order valence-corrected chi connectivity index (χ2v) is 4.44. The highest BCUT2D eigenvalue weighted by atomic mass is 32.1. The predicted octanol–water partition coefficient (Wildman–Crippen LogP) is -0.465. The molecule has 0 aromatic carbocycles. The van der Waals surface area contributed by atoms with Gasteiger partial charge in [-0.1, -0.05) is 12.2 Å². The molecule has 1 unspecified atom stereocenters. The van der Waals surface area contributed by atoms with Crippen molar-refractivity contribution in [3.05, 3.63) is 0 Å². The van der Waals surface area contributed by atoms with Gasteiger partial charge in [-0.15, -0.1) is 0 Å². The fourth-order valence-corrected chi connectivity index (χ4v) is 1.88. The molecule has 0 saturated carbocycles. The Kier molecular flexibility index (Phi) is 4.74. The second-order valence-electron chi connectivity index (χ2n) is 3.92. The molecule has 1 saturated heterocycles. The summed E-state index contributed by atoms with van der Waals surface area (Å²) in [5, 5.41) is 0. The maximum absolute atomic E-state index is 5.63. The quantitative estimate of drug-likeness (QED) is 0.645. The minimum absolute atomic E-state index is 0.285. The molecule has 0 aromatic heterocycles. The third-order valence-corrected chi connectivity index (χ3v) is 2.41. The summed E-state index contributed by atoms with van der Waals surface area (Å²) in [5.74, 6) is 0. The molecule has 1 atom stereocenters. The Bertz CT molecular complexity index is 200. The molecule has 1 aliphatic rings. The summed E-state index contributed by atoms with van der Waals surface area (Å²) in [6, 6.07) is 0. The predicted molar refractivity (Wildman–Crippen MR) is 61.5 cm³/mol. The number of likely N-dealkylation sites (N-methyl/N-ethyl adjacent to an activating group) is 2. The zero-order chi connectivity index (χ0) is 10.6. The van der Waals surface area contributed by atoms with Gasteiger partial charge >= 0.3 is 0 Å². The number of ether oxygens (including phenoxy) is 1. The number of rotatable bonds is 4. The molecule has 0 aliphatic carbocycles. The molecule has 0 aromatic rings. The standard InChI is InChI=1S/C9H19N3OS/c1-11-3-4-13-8(5-11)6-12(2)7-9(10)14/h8H,3-7H2,1-2H3,(H2,10,14). The zero-order valence-electron chi connectivity index (χ0n) is 8.90. The van der Waals surface area contributed by atoms with E-state index < -0.39 is 0 Å². The Balaban J connectivity index is 2.25. The molecule has 1 rings (SSSR count). The Morgan fingerprint density at radius 3 is 3.00 bits per heavy atom. The minimum Gasteiger partial charge on any atom is -0.392 e. The Morgan fingerprint density at radius 1 is 1.71 bits per heavy atom. The monoisotopic (exact) mass is 217 g/mol. The van der Waals surface area contributed by atoms with Gasteiger partial charge in [-0.05, 0) is 14.1 Å². The fraction of sp³-hybridized carbons (Fsp3) is 0.889. The van der Waals surface area contributed by atoms with Crippen LogP contribution in [0.15, 0.2) is 0 Å². The van der Waals surface area contributed by atoms with E-state index in [1.54, 1.807) is 0 Å². The third kappa shape index (κ3) is 4.32. The van der Waals surface area contributed by atoms with Gasteiger partial charge in [-0.3, -0.25) is 4.90 Å². The van der Waals surface area contributed by atoms with Gasteiger partial charge < -0.3 is 15.4 Å². The van der Waals surface area contributed by atoms with Crippen LogP contribution >= 0.6 is 12.2 Å². The first-order valence-corrected chi connectivity index (χ1v) is 5.25. The number of hydrogen-bond acceptors (Lipinski definition) is 4. The van der Waals surface area contributed by atoms with Gasteiger partial charge in [-0.25, -0.2) is 0 Å². The SMILES string of the molecule is CN1CCOC(CN(C)CC(N)=S)C1. The van der Waals surface area contributed by atoms with Crippen molar-refractivity contribution < 1.29 is 4.74 Å². The summed E-state index contributed by atoms with van der Waals surface area (Å²) < 4.78 is 5.63. The molecular weight excluding hydrogens is 198 g/mol. The lowest BCUT2D eigenvalue weighted by molar-refractivity contribution is -0.0308. The van der Waals surface area contributed by atoms with Gasteiger partial charge in [0, 0.05) is 26.2 Å². The maximum atomic E-state index is 5.63. The second kappa shape index (κ2) is 5.60. The Morgan fingerprint density at radius 2 is 2.43 bits per heavy atom. The van der Waals surface area contributed by atoms with E-state index in [-0.39, 0.29) is 6.10 Å². The molecule has 82 valence electrons. The van der Waals surface area contributed by atoms with E-state index in [9.17, 15) is 0 Å². The van der Waals surface area contributed by atoms with E-state index in [4.69, 9.17) is 22.7 Å². The molecule has 5 heteroatoms. The minimum atomic E-state index is 0.285. The summed E-state index contributed by atoms with van der Waals surface area (Å²) in [6.45, 7) is 4.39. The van der Waals surface area contributed by atoms with Crippen LogP contribution in [0.2, 0.25) is 0 Å². The van der Waals surface area contributed by atoms with Gasteiger partial charge in [0.05, 0.1) is 17.7 Å². The lowest BCUT2D eigenvalue weighted by Gasteiger charge is -2.32. The normalized spacial score (nSPS) is 24.1. The first-order chi connectivity index (χ1) is 6.58. The van der Waals surface area contributed by atoms with Gasteiger partial charge in [-0.2, -0.15) is 0 Å². The molecular formula is C9H19N3OS. The molecule has 1 aliphatic heterocycles. The Hall–Kier alpha value is -0.230. The number of nitrogens with two attached hydrogens (primary N) is 1. The lowest BCUT2D eigenvalue weighted by atomic mass is 10.2. The summed E-state index contributed by atoms with van der Waals surface area (Å²) in [6.07, 6.45) is 0.285. The van der Waals surface area contributed by atoms with E-state index in [0.29, 0.717) is 11.5 Å². The number of hydrogen-bond donors (Lipinski definition) is 1. The van der Waals surface area contributed by atoms with Gasteiger partial charge in [0.2, 0.25) is 0 Å². The first-order valence-electron chi connectivity index (χ1n) is 4.85. The van der Waals surface area contributed by atoms with Crippen molar-refractivity contribution in [3.8, 4) is 0 Å². The molecule has 1 fully saturated rings. The molecule has 0 radical (unpaired) electrons. The average molecular weight is 217 g/mol. The highest BCUT2D eigenvalue weighted by Crippen LogP contribution is 2.03. The topological polar surface area (TPSA) is 41.7 Å². The van der Waals surface area contributed by atoms with E-state index in [1.807, 2.05) is 7.05 Å². The van der Waals surface area contributed by atoms with Gasteiger partial charge in [0.1, 0.15) is 0 Å². The van der Waals surface area contributed by atoms with Crippen LogP contribution in [-0.2, 0) is 4.74 Å². The third-order valence-electron chi connectivity index (χ3n) is 2.28. The summed E-state index contributed by atoms with van der Waals surface area (Å²) in [5.41, 5.74) is 5.46. The van der Waals surface area contributed by atoms with Crippen LogP contribution in [0.3, 0.4) is 0 Å². The van der Waals surface area contributed by atoms with Crippen molar-refractivity contribution in [3.63, 3.8) is 0 Å². The lowest BCUT2D eigenvalue weighted by Crippen LogP contribution is -2.46. The van der Waals surface area contributed by atoms with Crippen molar-refractivity contribution in [1.82, 2.24) is 9.80 Å². The smallest absolute Gasteiger partial charge is 0.0869 e. The maximum Gasteiger partial charge on any atom is 0.0869 e. The average Bonchev–Trinajstić information content (AvgIpc) is 2.01. The van der Waals surface area contributed by atoms with Crippen LogP contribution in [-0.4, -0.2) is 67.8 Å². The zero-order valence-corrected chi connectivity index (χ0v) is 9.72. The summed E-state index contributed by atoms with van der Waals surface area (Å²) in [4.78, 5) is 4.92.